The molecule has 0 spiro atoms. The van der Waals surface area contributed by atoms with Crippen LogP contribution in [0.2, 0.25) is 5.02 Å². The number of nitrogens with one attached hydrogen (secondary N) is 1. The predicted octanol–water partition coefficient (Wildman–Crippen LogP) is 4.64. The maximum Gasteiger partial charge on any atom is 0.264 e. The van der Waals surface area contributed by atoms with Crippen molar-refractivity contribution in [3.8, 4) is 5.75 Å². The maximum atomic E-state index is 13.7. The Morgan fingerprint density at radius 1 is 1.06 bits per heavy atom. The van der Waals surface area contributed by atoms with Crippen LogP contribution in [-0.4, -0.2) is 27.5 Å². The Bertz CT molecular complexity index is 1210. The quantitative estimate of drug-likeness (QED) is 0.520. The Morgan fingerprint density at radius 2 is 1.75 bits per heavy atom. The summed E-state index contributed by atoms with van der Waals surface area (Å²) in [5, 5.41) is 3.07. The second kappa shape index (κ2) is 9.22. The van der Waals surface area contributed by atoms with Crippen LogP contribution < -0.4 is 14.4 Å². The topological polar surface area (TPSA) is 75.7 Å². The molecule has 1 aliphatic carbocycles. The molecule has 1 N–H and O–H groups in total. The first-order valence-corrected chi connectivity index (χ1v) is 12.0. The molecule has 32 heavy (non-hydrogen) atoms. The molecule has 3 aromatic carbocycles. The van der Waals surface area contributed by atoms with Crippen LogP contribution in [0.15, 0.2) is 77.7 Å². The molecule has 0 saturated heterocycles. The number of carbonyl (C=O) groups is 1. The molecule has 166 valence electrons. The molecule has 1 aliphatic rings. The van der Waals surface area contributed by atoms with Gasteiger partial charge in [0.15, 0.2) is 0 Å². The summed E-state index contributed by atoms with van der Waals surface area (Å²) in [5.74, 6) is 0.255. The number of hydrogen-bond donors (Lipinski definition) is 1. The van der Waals surface area contributed by atoms with Crippen molar-refractivity contribution >= 4 is 33.2 Å². The van der Waals surface area contributed by atoms with E-state index in [1.807, 2.05) is 30.3 Å². The van der Waals surface area contributed by atoms with Gasteiger partial charge < -0.3 is 10.1 Å². The number of rotatable bonds is 8. The summed E-state index contributed by atoms with van der Waals surface area (Å²) in [4.78, 5) is 12.6. The van der Waals surface area contributed by atoms with Crippen molar-refractivity contribution in [2.75, 3.05) is 11.4 Å². The molecule has 8 heteroatoms. The van der Waals surface area contributed by atoms with Gasteiger partial charge in [0.25, 0.3) is 15.9 Å². The first-order valence-electron chi connectivity index (χ1n) is 10.2. The average Bonchev–Trinajstić information content (AvgIpc) is 3.62. The first-order chi connectivity index (χ1) is 15.4. The van der Waals surface area contributed by atoms with E-state index >= 15 is 0 Å². The van der Waals surface area contributed by atoms with E-state index in [1.54, 1.807) is 31.4 Å². The van der Waals surface area contributed by atoms with Crippen molar-refractivity contribution in [1.29, 1.82) is 0 Å². The number of anilines is 1. The first kappa shape index (κ1) is 22.2. The standard InChI is InChI=1S/C24H23ClN2O4S/c1-31-20-11-9-19(10-12-20)27(16-17-5-3-2-4-6-17)32(29,30)21-13-14-23(25)22(15-21)24(28)26-18-7-8-18/h2-6,9-15,18H,7-8,16H2,1H3,(H,26,28). The van der Waals surface area contributed by atoms with Gasteiger partial charge in [-0.2, -0.15) is 0 Å². The van der Waals surface area contributed by atoms with E-state index in [1.165, 1.54) is 22.5 Å². The fourth-order valence-corrected chi connectivity index (χ4v) is 4.95. The summed E-state index contributed by atoms with van der Waals surface area (Å²) in [7, 11) is -2.45. The second-order valence-electron chi connectivity index (χ2n) is 7.58. The lowest BCUT2D eigenvalue weighted by molar-refractivity contribution is 0.0951. The summed E-state index contributed by atoms with van der Waals surface area (Å²) in [6.45, 7) is 0.127. The number of hydrogen-bond acceptors (Lipinski definition) is 4. The zero-order chi connectivity index (χ0) is 22.7. The lowest BCUT2D eigenvalue weighted by atomic mass is 10.2. The second-order valence-corrected chi connectivity index (χ2v) is 9.85. The normalized spacial score (nSPS) is 13.4. The highest BCUT2D eigenvalue weighted by molar-refractivity contribution is 7.92. The fraction of sp³-hybridized carbons (Fsp3) is 0.208. The molecular weight excluding hydrogens is 448 g/mol. The summed E-state index contributed by atoms with van der Waals surface area (Å²) in [5.41, 5.74) is 1.45. The molecule has 1 amide bonds. The van der Waals surface area contributed by atoms with Crippen molar-refractivity contribution in [2.24, 2.45) is 0 Å². The van der Waals surface area contributed by atoms with Crippen LogP contribution in [0, 0.1) is 0 Å². The van der Waals surface area contributed by atoms with Crippen molar-refractivity contribution in [3.63, 3.8) is 0 Å². The smallest absolute Gasteiger partial charge is 0.264 e. The van der Waals surface area contributed by atoms with Crippen molar-refractivity contribution < 1.29 is 17.9 Å². The van der Waals surface area contributed by atoms with E-state index in [-0.39, 0.29) is 34.0 Å². The minimum absolute atomic E-state index is 0.00500. The number of nitrogens with zero attached hydrogens (tertiary/aromatic N) is 1. The third-order valence-electron chi connectivity index (χ3n) is 5.21. The van der Waals surface area contributed by atoms with Gasteiger partial charge >= 0.3 is 0 Å². The van der Waals surface area contributed by atoms with E-state index in [2.05, 4.69) is 5.32 Å². The molecule has 0 aliphatic heterocycles. The lowest BCUT2D eigenvalue weighted by Crippen LogP contribution is -2.31. The van der Waals surface area contributed by atoms with Crippen molar-refractivity contribution in [2.45, 2.75) is 30.3 Å². The highest BCUT2D eigenvalue weighted by Gasteiger charge is 2.29. The van der Waals surface area contributed by atoms with E-state index in [9.17, 15) is 13.2 Å². The zero-order valence-electron chi connectivity index (χ0n) is 17.5. The monoisotopic (exact) mass is 470 g/mol. The summed E-state index contributed by atoms with van der Waals surface area (Å²) in [6, 6.07) is 20.5. The number of halogens is 1. The van der Waals surface area contributed by atoms with Crippen molar-refractivity contribution in [1.82, 2.24) is 5.32 Å². The van der Waals surface area contributed by atoms with Gasteiger partial charge in [0.1, 0.15) is 5.75 Å². The highest BCUT2D eigenvalue weighted by atomic mass is 35.5. The lowest BCUT2D eigenvalue weighted by Gasteiger charge is -2.25. The molecule has 6 nitrogen and oxygen atoms in total. The number of methoxy groups -OCH3 is 1. The minimum Gasteiger partial charge on any atom is -0.497 e. The van der Waals surface area contributed by atoms with Crippen LogP contribution in [0.3, 0.4) is 0 Å². The fourth-order valence-electron chi connectivity index (χ4n) is 3.27. The van der Waals surface area contributed by atoms with Gasteiger partial charge in [-0.1, -0.05) is 41.9 Å². The Hall–Kier alpha value is -3.03. The molecule has 0 unspecified atom stereocenters. The number of carbonyl (C=O) groups excluding carboxylic acids is 1. The largest absolute Gasteiger partial charge is 0.497 e. The molecule has 0 bridgehead atoms. The molecule has 0 atom stereocenters. The van der Waals surface area contributed by atoms with Crippen molar-refractivity contribution in [3.05, 3.63) is 88.9 Å². The van der Waals surface area contributed by atoms with Crippen LogP contribution in [0.1, 0.15) is 28.8 Å². The Kier molecular flexibility index (Phi) is 6.39. The third-order valence-corrected chi connectivity index (χ3v) is 7.31. The van der Waals surface area contributed by atoms with Crippen LogP contribution in [-0.2, 0) is 16.6 Å². The van der Waals surface area contributed by atoms with E-state index < -0.39 is 10.0 Å². The van der Waals surface area contributed by atoms with E-state index in [0.717, 1.165) is 18.4 Å². The van der Waals surface area contributed by atoms with E-state index in [4.69, 9.17) is 16.3 Å². The third kappa shape index (κ3) is 4.89. The molecule has 4 rings (SSSR count). The van der Waals surface area contributed by atoms with Gasteiger partial charge in [-0.05, 0) is 60.9 Å². The van der Waals surface area contributed by atoms with Gasteiger partial charge in [-0.3, -0.25) is 9.10 Å². The van der Waals surface area contributed by atoms with Gasteiger partial charge in [0, 0.05) is 6.04 Å². The van der Waals surface area contributed by atoms with Crippen LogP contribution in [0.4, 0.5) is 5.69 Å². The molecule has 1 saturated carbocycles. The summed E-state index contributed by atoms with van der Waals surface area (Å²) in [6.07, 6.45) is 1.84. The van der Waals surface area contributed by atoms with Crippen LogP contribution in [0.25, 0.3) is 0 Å². The minimum atomic E-state index is -4.00. The number of ether oxygens (including phenoxy) is 1. The molecule has 0 heterocycles. The Labute approximate surface area is 192 Å². The van der Waals surface area contributed by atoms with Gasteiger partial charge in [0.05, 0.1) is 34.8 Å². The van der Waals surface area contributed by atoms with Crippen LogP contribution >= 0.6 is 11.6 Å². The molecule has 0 aromatic heterocycles. The number of sulfonamides is 1. The molecule has 0 radical (unpaired) electrons. The maximum absolute atomic E-state index is 13.7. The predicted molar refractivity (Wildman–Crippen MR) is 125 cm³/mol. The van der Waals surface area contributed by atoms with Gasteiger partial charge in [0.2, 0.25) is 0 Å². The van der Waals surface area contributed by atoms with Gasteiger partial charge in [-0.15, -0.1) is 0 Å². The number of benzene rings is 3. The zero-order valence-corrected chi connectivity index (χ0v) is 19.1. The highest BCUT2D eigenvalue weighted by Crippen LogP contribution is 2.30. The molecule has 1 fully saturated rings. The number of amides is 1. The van der Waals surface area contributed by atoms with E-state index in [0.29, 0.717) is 11.4 Å². The summed E-state index contributed by atoms with van der Waals surface area (Å²) < 4.78 is 34.0. The average molecular weight is 471 g/mol. The Balaban J connectivity index is 1.74. The molecule has 3 aromatic rings. The molecular formula is C24H23ClN2O4S. The summed E-state index contributed by atoms with van der Waals surface area (Å²) >= 11 is 6.22. The Morgan fingerprint density at radius 3 is 2.38 bits per heavy atom. The van der Waals surface area contributed by atoms with Gasteiger partial charge in [-0.25, -0.2) is 8.42 Å². The SMILES string of the molecule is COc1ccc(N(Cc2ccccc2)S(=O)(=O)c2ccc(Cl)c(C(=O)NC3CC3)c2)cc1. The van der Waals surface area contributed by atoms with Crippen LogP contribution in [0.5, 0.6) is 5.75 Å².